The molecule has 0 spiro atoms. The molecule has 2 N–H and O–H groups in total. The quantitative estimate of drug-likeness (QED) is 0.310. The number of likely N-dealkylation sites (N-methyl/N-ethyl adjacent to an activating group) is 1. The molecule has 1 fully saturated rings. The van der Waals surface area contributed by atoms with Gasteiger partial charge in [-0.3, -0.25) is 29.4 Å². The number of benzene rings is 1. The summed E-state index contributed by atoms with van der Waals surface area (Å²) in [6.07, 6.45) is 10.6. The summed E-state index contributed by atoms with van der Waals surface area (Å²) in [4.78, 5) is 26.6. The topological polar surface area (TPSA) is 117 Å². The number of anilines is 1. The molecule has 1 saturated heterocycles. The molecule has 40 heavy (non-hydrogen) atoms. The van der Waals surface area contributed by atoms with Gasteiger partial charge >= 0.3 is 0 Å². The Bertz CT molecular complexity index is 1610. The van der Waals surface area contributed by atoms with Crippen LogP contribution in [-0.4, -0.2) is 92.5 Å². The van der Waals surface area contributed by atoms with Gasteiger partial charge in [0.2, 0.25) is 0 Å². The van der Waals surface area contributed by atoms with Crippen LogP contribution >= 0.6 is 0 Å². The Labute approximate surface area is 231 Å². The Morgan fingerprint density at radius 3 is 2.73 bits per heavy atom. The van der Waals surface area contributed by atoms with Crippen LogP contribution in [0.3, 0.4) is 0 Å². The number of piperazine rings is 1. The summed E-state index contributed by atoms with van der Waals surface area (Å²) in [5.74, 6) is 0.371. The van der Waals surface area contributed by atoms with Gasteiger partial charge in [-0.1, -0.05) is 12.1 Å². The largest absolute Gasteiger partial charge is 0.495 e. The molecule has 0 saturated carbocycles. The van der Waals surface area contributed by atoms with E-state index >= 15 is 0 Å². The molecule has 11 heteroatoms. The van der Waals surface area contributed by atoms with Gasteiger partial charge in [-0.15, -0.1) is 0 Å². The Hall–Kier alpha value is -4.61. The number of hydrogen-bond acceptors (Lipinski definition) is 8. The lowest BCUT2D eigenvalue weighted by molar-refractivity contribution is 0.102. The predicted molar refractivity (Wildman–Crippen MR) is 152 cm³/mol. The molecule has 5 heterocycles. The first-order valence-electron chi connectivity index (χ1n) is 13.2. The van der Waals surface area contributed by atoms with E-state index in [1.54, 1.807) is 31.9 Å². The number of hydrogen-bond donors (Lipinski definition) is 2. The number of rotatable bonds is 8. The number of pyridine rings is 2. The van der Waals surface area contributed by atoms with Crippen LogP contribution in [0.25, 0.3) is 22.0 Å². The SMILES string of the molecule is COc1cncc(-c2ccc3c(C(=O)Nc4cnn(C(CN5CCN(C)CC5)c5cccnc5)c4)n[nH]c3c2)c1. The molecule has 1 aliphatic rings. The fourth-order valence-electron chi connectivity index (χ4n) is 5.01. The number of nitrogens with zero attached hydrogens (tertiary/aromatic N) is 7. The third-order valence-electron chi connectivity index (χ3n) is 7.34. The number of carbonyl (C=O) groups excluding carboxylic acids is 1. The van der Waals surface area contributed by atoms with Gasteiger partial charge in [0, 0.05) is 68.5 Å². The number of carbonyl (C=O) groups is 1. The Morgan fingerprint density at radius 2 is 1.93 bits per heavy atom. The number of ether oxygens (including phenoxy) is 1. The number of methoxy groups -OCH3 is 1. The first-order chi connectivity index (χ1) is 19.6. The van der Waals surface area contributed by atoms with Crippen molar-refractivity contribution in [1.82, 2.24) is 39.7 Å². The lowest BCUT2D eigenvalue weighted by Crippen LogP contribution is -2.46. The maximum Gasteiger partial charge on any atom is 0.276 e. The van der Waals surface area contributed by atoms with Crippen LogP contribution in [-0.2, 0) is 0 Å². The molecule has 1 aliphatic heterocycles. The molecule has 5 aromatic rings. The standard InChI is InChI=1S/C29H31N9O2/c1-36-8-10-37(11-9-36)19-27(21-4-3-7-30-14-21)38-18-23(16-32-38)33-29(39)28-25-6-5-20(13-26(25)34-35-28)22-12-24(40-2)17-31-15-22/h3-7,12-18,27H,8-11,19H2,1-2H3,(H,33,39)(H,34,35). The van der Waals surface area contributed by atoms with E-state index in [9.17, 15) is 4.79 Å². The van der Waals surface area contributed by atoms with Gasteiger partial charge in [-0.05, 0) is 42.4 Å². The summed E-state index contributed by atoms with van der Waals surface area (Å²) in [5.41, 5.74) is 4.60. The van der Waals surface area contributed by atoms with Crippen molar-refractivity contribution in [3.05, 3.63) is 84.8 Å². The lowest BCUT2D eigenvalue weighted by Gasteiger charge is -2.34. The van der Waals surface area contributed by atoms with E-state index in [1.165, 1.54) is 0 Å². The predicted octanol–water partition coefficient (Wildman–Crippen LogP) is 3.31. The van der Waals surface area contributed by atoms with Crippen LogP contribution in [0.2, 0.25) is 0 Å². The lowest BCUT2D eigenvalue weighted by atomic mass is 10.0. The molecule has 1 atom stereocenters. The molecule has 0 bridgehead atoms. The highest BCUT2D eigenvalue weighted by Crippen LogP contribution is 2.27. The minimum Gasteiger partial charge on any atom is -0.495 e. The van der Waals surface area contributed by atoms with Gasteiger partial charge < -0.3 is 15.0 Å². The summed E-state index contributed by atoms with van der Waals surface area (Å²) >= 11 is 0. The zero-order valence-corrected chi connectivity index (χ0v) is 22.5. The van der Waals surface area contributed by atoms with Crippen LogP contribution in [0.15, 0.2) is 73.6 Å². The van der Waals surface area contributed by atoms with E-state index in [0.29, 0.717) is 17.1 Å². The second-order valence-corrected chi connectivity index (χ2v) is 10.0. The fraction of sp³-hybridized carbons (Fsp3) is 0.276. The monoisotopic (exact) mass is 537 g/mol. The maximum absolute atomic E-state index is 13.2. The second kappa shape index (κ2) is 11.2. The highest BCUT2D eigenvalue weighted by Gasteiger charge is 2.23. The molecular formula is C29H31N9O2. The first-order valence-corrected chi connectivity index (χ1v) is 13.2. The number of fused-ring (bicyclic) bond motifs is 1. The highest BCUT2D eigenvalue weighted by molar-refractivity contribution is 6.11. The number of aromatic amines is 1. The number of amides is 1. The van der Waals surface area contributed by atoms with Crippen molar-refractivity contribution in [3.8, 4) is 16.9 Å². The van der Waals surface area contributed by atoms with Crippen LogP contribution in [0.1, 0.15) is 22.1 Å². The molecule has 1 unspecified atom stereocenters. The molecule has 6 rings (SSSR count). The van der Waals surface area contributed by atoms with E-state index in [2.05, 4.69) is 53.5 Å². The summed E-state index contributed by atoms with van der Waals surface area (Å²) in [6, 6.07) is 11.7. The Morgan fingerprint density at radius 1 is 1.05 bits per heavy atom. The van der Waals surface area contributed by atoms with Gasteiger partial charge in [0.15, 0.2) is 5.69 Å². The van der Waals surface area contributed by atoms with Crippen molar-refractivity contribution < 1.29 is 9.53 Å². The van der Waals surface area contributed by atoms with Gasteiger partial charge in [0.1, 0.15) is 5.75 Å². The molecule has 0 aliphatic carbocycles. The van der Waals surface area contributed by atoms with E-state index in [0.717, 1.165) is 60.3 Å². The van der Waals surface area contributed by atoms with E-state index in [1.807, 2.05) is 47.4 Å². The second-order valence-electron chi connectivity index (χ2n) is 10.0. The third kappa shape index (κ3) is 5.42. The van der Waals surface area contributed by atoms with Gasteiger partial charge in [0.05, 0.1) is 36.7 Å². The fourth-order valence-corrected chi connectivity index (χ4v) is 5.01. The van der Waals surface area contributed by atoms with Crippen LogP contribution in [0.4, 0.5) is 5.69 Å². The zero-order chi connectivity index (χ0) is 27.5. The average molecular weight is 538 g/mol. The minimum atomic E-state index is -0.307. The average Bonchev–Trinajstić information content (AvgIpc) is 3.64. The summed E-state index contributed by atoms with van der Waals surface area (Å²) in [7, 11) is 3.76. The number of aromatic nitrogens is 6. The maximum atomic E-state index is 13.2. The van der Waals surface area contributed by atoms with Crippen molar-refractivity contribution >= 4 is 22.5 Å². The van der Waals surface area contributed by atoms with Crippen molar-refractivity contribution in [2.45, 2.75) is 6.04 Å². The molecule has 4 aromatic heterocycles. The summed E-state index contributed by atoms with van der Waals surface area (Å²) in [5, 5.41) is 15.6. The Balaban J connectivity index is 1.20. The third-order valence-corrected chi connectivity index (χ3v) is 7.34. The normalized spacial score (nSPS) is 15.2. The van der Waals surface area contributed by atoms with Crippen LogP contribution in [0.5, 0.6) is 5.75 Å². The molecule has 1 aromatic carbocycles. The smallest absolute Gasteiger partial charge is 0.276 e. The van der Waals surface area contributed by atoms with E-state index in [-0.39, 0.29) is 11.9 Å². The molecule has 1 amide bonds. The Kier molecular flexibility index (Phi) is 7.21. The van der Waals surface area contributed by atoms with Crippen LogP contribution in [0, 0.1) is 0 Å². The van der Waals surface area contributed by atoms with Crippen molar-refractivity contribution in [1.29, 1.82) is 0 Å². The number of nitrogens with one attached hydrogen (secondary N) is 2. The van der Waals surface area contributed by atoms with E-state index in [4.69, 9.17) is 4.74 Å². The number of H-pyrrole nitrogens is 1. The first kappa shape index (κ1) is 25.7. The minimum absolute atomic E-state index is 0.0292. The molecule has 204 valence electrons. The van der Waals surface area contributed by atoms with Gasteiger partial charge in [-0.25, -0.2) is 0 Å². The van der Waals surface area contributed by atoms with Crippen LogP contribution < -0.4 is 10.1 Å². The van der Waals surface area contributed by atoms with Crippen molar-refractivity contribution in [2.75, 3.05) is 52.2 Å². The van der Waals surface area contributed by atoms with E-state index < -0.39 is 0 Å². The molecule has 11 nitrogen and oxygen atoms in total. The van der Waals surface area contributed by atoms with Crippen molar-refractivity contribution in [3.63, 3.8) is 0 Å². The summed E-state index contributed by atoms with van der Waals surface area (Å²) in [6.45, 7) is 4.88. The van der Waals surface area contributed by atoms with Gasteiger partial charge in [0.25, 0.3) is 5.91 Å². The molecule has 0 radical (unpaired) electrons. The highest BCUT2D eigenvalue weighted by atomic mass is 16.5. The zero-order valence-electron chi connectivity index (χ0n) is 22.5. The van der Waals surface area contributed by atoms with Gasteiger partial charge in [-0.2, -0.15) is 10.2 Å². The van der Waals surface area contributed by atoms with Crippen molar-refractivity contribution in [2.24, 2.45) is 0 Å². The molecular weight excluding hydrogens is 506 g/mol. The summed E-state index contributed by atoms with van der Waals surface area (Å²) < 4.78 is 7.19.